The van der Waals surface area contributed by atoms with Gasteiger partial charge in [-0.25, -0.2) is 0 Å². The van der Waals surface area contributed by atoms with Crippen molar-refractivity contribution >= 4 is 11.8 Å². The number of nitrogens with two attached hydrogens (primary N) is 1. The second-order valence-electron chi connectivity index (χ2n) is 5.11. The molecule has 0 amide bonds. The van der Waals surface area contributed by atoms with Gasteiger partial charge in [0.2, 0.25) is 0 Å². The number of benzene rings is 1. The molecule has 2 heterocycles. The smallest absolute Gasteiger partial charge is 0.196 e. The molecule has 20 heavy (non-hydrogen) atoms. The van der Waals surface area contributed by atoms with Gasteiger partial charge in [-0.2, -0.15) is 0 Å². The third-order valence-corrected chi connectivity index (χ3v) is 4.77. The molecule has 0 saturated heterocycles. The van der Waals surface area contributed by atoms with Crippen LogP contribution >= 0.6 is 11.8 Å². The third-order valence-electron chi connectivity index (χ3n) is 3.66. The van der Waals surface area contributed by atoms with E-state index in [4.69, 9.17) is 5.73 Å². The van der Waals surface area contributed by atoms with Gasteiger partial charge >= 0.3 is 0 Å². The Labute approximate surface area is 123 Å². The molecule has 1 aromatic heterocycles. The fraction of sp³-hybridized carbons (Fsp3) is 0.467. The summed E-state index contributed by atoms with van der Waals surface area (Å²) in [5.41, 5.74) is 6.99. The number of aryl methyl sites for hydroxylation is 1. The fourth-order valence-electron chi connectivity index (χ4n) is 2.60. The largest absolute Gasteiger partial charge is 0.330 e. The Bertz CT molecular complexity index is 579. The first-order valence-electron chi connectivity index (χ1n) is 7.26. The first-order valence-corrected chi connectivity index (χ1v) is 8.08. The molecule has 3 rings (SSSR count). The van der Waals surface area contributed by atoms with Crippen LogP contribution in [0.25, 0.3) is 0 Å². The average molecular weight is 288 g/mol. The van der Waals surface area contributed by atoms with Crippen molar-refractivity contribution in [2.45, 2.75) is 48.7 Å². The number of fused-ring (bicyclic) bond motifs is 1. The summed E-state index contributed by atoms with van der Waals surface area (Å²) >= 11 is 1.72. The van der Waals surface area contributed by atoms with E-state index in [1.165, 1.54) is 29.7 Å². The fourth-order valence-corrected chi connectivity index (χ4v) is 3.63. The van der Waals surface area contributed by atoms with Crippen LogP contribution < -0.4 is 5.73 Å². The van der Waals surface area contributed by atoms with Crippen LogP contribution in [0.1, 0.15) is 30.7 Å². The molecule has 5 heteroatoms. The minimum absolute atomic E-state index is 0.676. The summed E-state index contributed by atoms with van der Waals surface area (Å²) in [6, 6.07) is 8.43. The molecular weight excluding hydrogens is 268 g/mol. The third kappa shape index (κ3) is 2.88. The first-order chi connectivity index (χ1) is 9.88. The van der Waals surface area contributed by atoms with E-state index in [0.29, 0.717) is 6.54 Å². The molecule has 1 aliphatic heterocycles. The molecule has 0 atom stereocenters. The predicted molar refractivity (Wildman–Crippen MR) is 80.9 cm³/mol. The van der Waals surface area contributed by atoms with E-state index in [1.807, 2.05) is 0 Å². The van der Waals surface area contributed by atoms with Crippen molar-refractivity contribution in [3.63, 3.8) is 0 Å². The van der Waals surface area contributed by atoms with Crippen LogP contribution in [0.4, 0.5) is 0 Å². The van der Waals surface area contributed by atoms with Crippen molar-refractivity contribution in [1.29, 1.82) is 0 Å². The Morgan fingerprint density at radius 1 is 1.15 bits per heavy atom. The van der Waals surface area contributed by atoms with Gasteiger partial charge in [0.05, 0.1) is 0 Å². The highest BCUT2D eigenvalue weighted by Crippen LogP contribution is 2.31. The Morgan fingerprint density at radius 3 is 2.95 bits per heavy atom. The lowest BCUT2D eigenvalue weighted by Gasteiger charge is -2.09. The molecule has 0 aliphatic carbocycles. The van der Waals surface area contributed by atoms with E-state index in [1.54, 1.807) is 11.8 Å². The van der Waals surface area contributed by atoms with Crippen LogP contribution in [-0.2, 0) is 19.4 Å². The lowest BCUT2D eigenvalue weighted by molar-refractivity contribution is 0.591. The van der Waals surface area contributed by atoms with Crippen molar-refractivity contribution in [3.05, 3.63) is 35.7 Å². The van der Waals surface area contributed by atoms with Crippen molar-refractivity contribution in [2.75, 3.05) is 6.54 Å². The lowest BCUT2D eigenvalue weighted by Crippen LogP contribution is -2.05. The highest BCUT2D eigenvalue weighted by Gasteiger charge is 2.16. The topological polar surface area (TPSA) is 56.7 Å². The molecule has 2 aromatic rings. The Kier molecular flexibility index (Phi) is 4.38. The molecule has 0 spiro atoms. The van der Waals surface area contributed by atoms with E-state index in [9.17, 15) is 0 Å². The molecule has 0 saturated carbocycles. The van der Waals surface area contributed by atoms with Gasteiger partial charge in [0, 0.05) is 17.9 Å². The minimum Gasteiger partial charge on any atom is -0.330 e. The van der Waals surface area contributed by atoms with Crippen LogP contribution in [-0.4, -0.2) is 21.3 Å². The first kappa shape index (κ1) is 13.6. The summed E-state index contributed by atoms with van der Waals surface area (Å²) in [5, 5.41) is 9.76. The van der Waals surface area contributed by atoms with Gasteiger partial charge in [0.15, 0.2) is 5.16 Å². The zero-order valence-corrected chi connectivity index (χ0v) is 12.4. The van der Waals surface area contributed by atoms with Gasteiger partial charge in [0.1, 0.15) is 5.82 Å². The standard InChI is InChI=1S/C15H20N4S/c16-10-9-12-6-3-4-7-13(12)20-15-18-17-14-8-2-1-5-11-19(14)15/h3-4,6-7H,1-2,5,8-11,16H2. The van der Waals surface area contributed by atoms with E-state index in [-0.39, 0.29) is 0 Å². The predicted octanol–water partition coefficient (Wildman–Crippen LogP) is 2.66. The molecule has 4 nitrogen and oxygen atoms in total. The summed E-state index contributed by atoms with van der Waals surface area (Å²) in [6.07, 6.45) is 5.70. The van der Waals surface area contributed by atoms with Gasteiger partial charge < -0.3 is 10.3 Å². The molecule has 2 N–H and O–H groups in total. The zero-order valence-electron chi connectivity index (χ0n) is 11.6. The summed E-state index contributed by atoms with van der Waals surface area (Å²) in [5.74, 6) is 1.14. The molecule has 1 aliphatic rings. The van der Waals surface area contributed by atoms with Crippen molar-refractivity contribution in [3.8, 4) is 0 Å². The number of hydrogen-bond acceptors (Lipinski definition) is 4. The number of nitrogens with zero attached hydrogens (tertiary/aromatic N) is 3. The van der Waals surface area contributed by atoms with E-state index >= 15 is 0 Å². The summed E-state index contributed by atoms with van der Waals surface area (Å²) in [4.78, 5) is 1.25. The molecule has 0 bridgehead atoms. The van der Waals surface area contributed by atoms with Gasteiger partial charge in [-0.15, -0.1) is 10.2 Å². The maximum atomic E-state index is 5.69. The summed E-state index contributed by atoms with van der Waals surface area (Å²) < 4.78 is 2.29. The Balaban J connectivity index is 1.86. The van der Waals surface area contributed by atoms with Crippen molar-refractivity contribution in [2.24, 2.45) is 5.73 Å². The summed E-state index contributed by atoms with van der Waals surface area (Å²) in [7, 11) is 0. The summed E-state index contributed by atoms with van der Waals surface area (Å²) in [6.45, 7) is 1.72. The van der Waals surface area contributed by atoms with Crippen molar-refractivity contribution < 1.29 is 0 Å². The average Bonchev–Trinajstić information content (AvgIpc) is 2.70. The van der Waals surface area contributed by atoms with Crippen LogP contribution in [0.15, 0.2) is 34.3 Å². The Morgan fingerprint density at radius 2 is 2.05 bits per heavy atom. The van der Waals surface area contributed by atoms with Crippen LogP contribution in [0.5, 0.6) is 0 Å². The van der Waals surface area contributed by atoms with E-state index in [0.717, 1.165) is 30.4 Å². The number of aromatic nitrogens is 3. The molecular formula is C15H20N4S. The van der Waals surface area contributed by atoms with Crippen LogP contribution in [0, 0.1) is 0 Å². The quantitative estimate of drug-likeness (QED) is 0.939. The second-order valence-corrected chi connectivity index (χ2v) is 6.12. The Hall–Kier alpha value is -1.33. The maximum Gasteiger partial charge on any atom is 0.196 e. The SMILES string of the molecule is NCCc1ccccc1Sc1nnc2n1CCCCC2. The van der Waals surface area contributed by atoms with Gasteiger partial charge in [-0.05, 0) is 49.2 Å². The van der Waals surface area contributed by atoms with E-state index in [2.05, 4.69) is 39.0 Å². The highest BCUT2D eigenvalue weighted by molar-refractivity contribution is 7.99. The number of hydrogen-bond donors (Lipinski definition) is 1. The minimum atomic E-state index is 0.676. The molecule has 106 valence electrons. The monoisotopic (exact) mass is 288 g/mol. The lowest BCUT2D eigenvalue weighted by atomic mass is 10.1. The van der Waals surface area contributed by atoms with Gasteiger partial charge in [-0.1, -0.05) is 24.6 Å². The normalized spacial score (nSPS) is 14.8. The highest BCUT2D eigenvalue weighted by atomic mass is 32.2. The second kappa shape index (κ2) is 6.41. The zero-order chi connectivity index (χ0) is 13.8. The van der Waals surface area contributed by atoms with Crippen LogP contribution in [0.2, 0.25) is 0 Å². The number of rotatable bonds is 4. The maximum absolute atomic E-state index is 5.69. The van der Waals surface area contributed by atoms with Crippen molar-refractivity contribution in [1.82, 2.24) is 14.8 Å². The molecule has 0 radical (unpaired) electrons. The molecule has 1 aromatic carbocycles. The molecule has 0 fully saturated rings. The molecule has 0 unspecified atom stereocenters. The van der Waals surface area contributed by atoms with Crippen LogP contribution in [0.3, 0.4) is 0 Å². The van der Waals surface area contributed by atoms with Gasteiger partial charge in [0.25, 0.3) is 0 Å². The van der Waals surface area contributed by atoms with E-state index < -0.39 is 0 Å². The van der Waals surface area contributed by atoms with Gasteiger partial charge in [-0.3, -0.25) is 0 Å².